The Kier molecular flexibility index (Phi) is 5.84. The average Bonchev–Trinajstić information content (AvgIpc) is 3.39. The van der Waals surface area contributed by atoms with Crippen molar-refractivity contribution in [1.29, 1.82) is 0 Å². The van der Waals surface area contributed by atoms with Gasteiger partial charge in [0.2, 0.25) is 5.91 Å². The first-order valence-electron chi connectivity index (χ1n) is 8.97. The van der Waals surface area contributed by atoms with E-state index in [0.717, 1.165) is 16.0 Å². The standard InChI is InChI=1S/C21H19N3O2S3/c1-23(11-14-7-4-3-5-8-14)17(25)13-29-21-22-19-18(20(26)24(21)2)15(12-28-19)16-9-6-10-27-16/h3-10,12H,11,13H2,1-2H3. The normalized spacial score (nSPS) is 11.1. The van der Waals surface area contributed by atoms with Crippen molar-refractivity contribution in [3.05, 3.63) is 69.1 Å². The molecule has 0 radical (unpaired) electrons. The minimum absolute atomic E-state index is 0.00125. The van der Waals surface area contributed by atoms with Crippen LogP contribution in [-0.2, 0) is 18.4 Å². The van der Waals surface area contributed by atoms with Crippen LogP contribution in [0.3, 0.4) is 0 Å². The van der Waals surface area contributed by atoms with Crippen LogP contribution in [0.4, 0.5) is 0 Å². The monoisotopic (exact) mass is 441 g/mol. The number of carbonyl (C=O) groups excluding carboxylic acids is 1. The first-order chi connectivity index (χ1) is 14.0. The van der Waals surface area contributed by atoms with E-state index in [0.29, 0.717) is 21.9 Å². The predicted molar refractivity (Wildman–Crippen MR) is 122 cm³/mol. The summed E-state index contributed by atoms with van der Waals surface area (Å²) in [6, 6.07) is 13.9. The highest BCUT2D eigenvalue weighted by Gasteiger charge is 2.18. The lowest BCUT2D eigenvalue weighted by atomic mass is 10.2. The number of benzene rings is 1. The van der Waals surface area contributed by atoms with Gasteiger partial charge in [-0.15, -0.1) is 22.7 Å². The van der Waals surface area contributed by atoms with E-state index in [1.807, 2.05) is 53.2 Å². The minimum Gasteiger partial charge on any atom is -0.341 e. The van der Waals surface area contributed by atoms with Gasteiger partial charge < -0.3 is 4.90 Å². The fourth-order valence-corrected chi connectivity index (χ4v) is 5.69. The van der Waals surface area contributed by atoms with Gasteiger partial charge in [-0.05, 0) is 17.0 Å². The second-order valence-corrected chi connectivity index (χ2v) is 9.34. The van der Waals surface area contributed by atoms with Crippen LogP contribution in [-0.4, -0.2) is 33.2 Å². The Balaban J connectivity index is 1.52. The summed E-state index contributed by atoms with van der Waals surface area (Å²) < 4.78 is 1.54. The summed E-state index contributed by atoms with van der Waals surface area (Å²) in [5.74, 6) is 0.233. The second kappa shape index (κ2) is 8.52. The summed E-state index contributed by atoms with van der Waals surface area (Å²) in [6.45, 7) is 0.556. The Morgan fingerprint density at radius 3 is 2.69 bits per heavy atom. The van der Waals surface area contributed by atoms with Crippen LogP contribution in [0.25, 0.3) is 20.7 Å². The summed E-state index contributed by atoms with van der Waals surface area (Å²) in [7, 11) is 3.50. The molecule has 8 heteroatoms. The van der Waals surface area contributed by atoms with Crippen LogP contribution in [0.15, 0.2) is 63.2 Å². The van der Waals surface area contributed by atoms with Gasteiger partial charge in [0.1, 0.15) is 4.83 Å². The molecular weight excluding hydrogens is 422 g/mol. The molecule has 0 spiro atoms. The Hall–Kier alpha value is -2.42. The predicted octanol–water partition coefficient (Wildman–Crippen LogP) is 4.47. The van der Waals surface area contributed by atoms with E-state index in [2.05, 4.69) is 4.98 Å². The zero-order valence-corrected chi connectivity index (χ0v) is 18.4. The van der Waals surface area contributed by atoms with E-state index in [1.54, 1.807) is 34.9 Å². The molecule has 0 unspecified atom stereocenters. The number of rotatable bonds is 6. The van der Waals surface area contributed by atoms with E-state index in [4.69, 9.17) is 0 Å². The fourth-order valence-electron chi connectivity index (χ4n) is 2.98. The van der Waals surface area contributed by atoms with Crippen molar-refractivity contribution >= 4 is 50.6 Å². The summed E-state index contributed by atoms with van der Waals surface area (Å²) in [4.78, 5) is 33.6. The van der Waals surface area contributed by atoms with Crippen LogP contribution in [0.1, 0.15) is 5.56 Å². The highest BCUT2D eigenvalue weighted by atomic mass is 32.2. The van der Waals surface area contributed by atoms with E-state index >= 15 is 0 Å². The maximum atomic E-state index is 13.0. The van der Waals surface area contributed by atoms with Crippen LogP contribution < -0.4 is 5.56 Å². The van der Waals surface area contributed by atoms with Gasteiger partial charge in [0.05, 0.1) is 11.1 Å². The van der Waals surface area contributed by atoms with Gasteiger partial charge in [-0.2, -0.15) is 0 Å². The molecule has 3 heterocycles. The molecule has 5 nitrogen and oxygen atoms in total. The summed E-state index contributed by atoms with van der Waals surface area (Å²) >= 11 is 4.37. The summed E-state index contributed by atoms with van der Waals surface area (Å²) in [5.41, 5.74) is 1.94. The summed E-state index contributed by atoms with van der Waals surface area (Å²) in [6.07, 6.45) is 0. The van der Waals surface area contributed by atoms with E-state index < -0.39 is 0 Å². The van der Waals surface area contributed by atoms with Crippen LogP contribution in [0.2, 0.25) is 0 Å². The molecule has 0 N–H and O–H groups in total. The molecule has 0 bridgehead atoms. The van der Waals surface area contributed by atoms with Gasteiger partial charge >= 0.3 is 0 Å². The van der Waals surface area contributed by atoms with Crippen LogP contribution >= 0.6 is 34.4 Å². The maximum absolute atomic E-state index is 13.0. The summed E-state index contributed by atoms with van der Waals surface area (Å²) in [5, 5.41) is 5.19. The Bertz CT molecular complexity index is 1200. The molecule has 29 heavy (non-hydrogen) atoms. The van der Waals surface area contributed by atoms with Gasteiger partial charge in [0.25, 0.3) is 5.56 Å². The molecule has 148 valence electrons. The average molecular weight is 442 g/mol. The molecule has 4 rings (SSSR count). The largest absolute Gasteiger partial charge is 0.341 e. The Morgan fingerprint density at radius 2 is 1.97 bits per heavy atom. The van der Waals surface area contributed by atoms with Crippen molar-refractivity contribution in [3.8, 4) is 10.4 Å². The molecular formula is C21H19N3O2S3. The van der Waals surface area contributed by atoms with E-state index in [1.165, 1.54) is 23.1 Å². The van der Waals surface area contributed by atoms with Gasteiger partial charge in [-0.3, -0.25) is 14.2 Å². The number of carbonyl (C=O) groups is 1. The lowest BCUT2D eigenvalue weighted by molar-refractivity contribution is -0.127. The number of hydrogen-bond donors (Lipinski definition) is 0. The molecule has 0 aliphatic heterocycles. The third kappa shape index (κ3) is 4.14. The first kappa shape index (κ1) is 19.9. The van der Waals surface area contributed by atoms with Crippen molar-refractivity contribution in [2.24, 2.45) is 7.05 Å². The number of amides is 1. The molecule has 0 aliphatic carbocycles. The maximum Gasteiger partial charge on any atom is 0.263 e. The molecule has 0 saturated heterocycles. The van der Waals surface area contributed by atoms with Crippen molar-refractivity contribution in [1.82, 2.24) is 14.5 Å². The lowest BCUT2D eigenvalue weighted by Gasteiger charge is -2.17. The highest BCUT2D eigenvalue weighted by molar-refractivity contribution is 7.99. The number of fused-ring (bicyclic) bond motifs is 1. The fraction of sp³-hybridized carbons (Fsp3) is 0.190. The molecule has 0 fully saturated rings. The molecule has 1 aromatic carbocycles. The lowest BCUT2D eigenvalue weighted by Crippen LogP contribution is -2.28. The molecule has 0 aliphatic rings. The quantitative estimate of drug-likeness (QED) is 0.327. The van der Waals surface area contributed by atoms with E-state index in [-0.39, 0.29) is 17.2 Å². The topological polar surface area (TPSA) is 55.2 Å². The second-order valence-electron chi connectivity index (χ2n) is 6.59. The van der Waals surface area contributed by atoms with Gasteiger partial charge in [-0.25, -0.2) is 4.98 Å². The zero-order chi connectivity index (χ0) is 20.4. The number of thioether (sulfide) groups is 1. The van der Waals surface area contributed by atoms with Crippen molar-refractivity contribution in [2.75, 3.05) is 12.8 Å². The molecule has 0 atom stereocenters. The smallest absolute Gasteiger partial charge is 0.263 e. The first-order valence-corrected chi connectivity index (χ1v) is 11.7. The SMILES string of the molecule is CN(Cc1ccccc1)C(=O)CSc1nc2scc(-c3cccs3)c2c(=O)n1C. The Morgan fingerprint density at radius 1 is 1.17 bits per heavy atom. The van der Waals surface area contributed by atoms with Gasteiger partial charge in [-0.1, -0.05) is 48.2 Å². The van der Waals surface area contributed by atoms with Crippen molar-refractivity contribution in [2.45, 2.75) is 11.7 Å². The van der Waals surface area contributed by atoms with Gasteiger partial charge in [0, 0.05) is 36.5 Å². The number of thiophene rings is 2. The minimum atomic E-state index is -0.0766. The van der Waals surface area contributed by atoms with E-state index in [9.17, 15) is 9.59 Å². The van der Waals surface area contributed by atoms with Crippen LogP contribution in [0.5, 0.6) is 0 Å². The number of hydrogen-bond acceptors (Lipinski definition) is 6. The highest BCUT2D eigenvalue weighted by Crippen LogP contribution is 2.34. The van der Waals surface area contributed by atoms with Gasteiger partial charge in [0.15, 0.2) is 5.16 Å². The van der Waals surface area contributed by atoms with Crippen molar-refractivity contribution < 1.29 is 4.79 Å². The molecule has 3 aromatic heterocycles. The molecule has 4 aromatic rings. The van der Waals surface area contributed by atoms with Crippen molar-refractivity contribution in [3.63, 3.8) is 0 Å². The van der Waals surface area contributed by atoms with Crippen LogP contribution in [0, 0.1) is 0 Å². The molecule has 0 saturated carbocycles. The number of nitrogens with zero attached hydrogens (tertiary/aromatic N) is 3. The molecule has 1 amide bonds. The Labute approximate surface area is 180 Å². The third-order valence-electron chi connectivity index (χ3n) is 4.57. The zero-order valence-electron chi connectivity index (χ0n) is 16.0. The third-order valence-corrected chi connectivity index (χ3v) is 7.36. The number of aromatic nitrogens is 2.